The van der Waals surface area contributed by atoms with E-state index in [0.29, 0.717) is 24.0 Å². The van der Waals surface area contributed by atoms with E-state index in [-0.39, 0.29) is 18.1 Å². The summed E-state index contributed by atoms with van der Waals surface area (Å²) in [6.45, 7) is 8.22. The van der Waals surface area contributed by atoms with Gasteiger partial charge < -0.3 is 20.5 Å². The first kappa shape index (κ1) is 18.9. The van der Waals surface area contributed by atoms with Gasteiger partial charge in [-0.25, -0.2) is 0 Å². The Kier molecular flexibility index (Phi) is 6.33. The third-order valence-corrected chi connectivity index (χ3v) is 5.45. The summed E-state index contributed by atoms with van der Waals surface area (Å²) in [5, 5.41) is 16.3. The van der Waals surface area contributed by atoms with Gasteiger partial charge in [-0.2, -0.15) is 0 Å². The largest absolute Gasteiger partial charge is 0.489 e. The molecule has 1 aromatic carbocycles. The molecule has 2 aliphatic rings. The summed E-state index contributed by atoms with van der Waals surface area (Å²) in [7, 11) is 0. The number of amides is 1. The second kappa shape index (κ2) is 8.69. The molecule has 26 heavy (non-hydrogen) atoms. The fourth-order valence-electron chi connectivity index (χ4n) is 3.89. The van der Waals surface area contributed by atoms with Crippen LogP contribution in [0.15, 0.2) is 36.4 Å². The third kappa shape index (κ3) is 4.86. The smallest absolute Gasteiger partial charge is 0.251 e. The summed E-state index contributed by atoms with van der Waals surface area (Å²) in [6, 6.07) is 7.40. The van der Waals surface area contributed by atoms with Crippen LogP contribution in [0.25, 0.3) is 0 Å². The van der Waals surface area contributed by atoms with Gasteiger partial charge in [0, 0.05) is 11.6 Å². The molecule has 0 bridgehead atoms. The van der Waals surface area contributed by atoms with Crippen LogP contribution in [0, 0.1) is 11.8 Å². The Bertz CT molecular complexity index is 617. The van der Waals surface area contributed by atoms with E-state index in [4.69, 9.17) is 4.74 Å². The molecule has 0 radical (unpaired) electrons. The lowest BCUT2D eigenvalue weighted by Crippen LogP contribution is -2.52. The van der Waals surface area contributed by atoms with Crippen molar-refractivity contribution in [2.45, 2.75) is 44.8 Å². The maximum absolute atomic E-state index is 12.8. The molecule has 0 spiro atoms. The van der Waals surface area contributed by atoms with Gasteiger partial charge in [-0.3, -0.25) is 4.79 Å². The molecule has 1 aliphatic heterocycles. The number of piperidine rings is 1. The molecule has 5 nitrogen and oxygen atoms in total. The molecule has 2 fully saturated rings. The van der Waals surface area contributed by atoms with Crippen LogP contribution in [-0.4, -0.2) is 42.9 Å². The van der Waals surface area contributed by atoms with Crippen molar-refractivity contribution in [1.82, 2.24) is 10.6 Å². The first-order valence-corrected chi connectivity index (χ1v) is 9.60. The maximum atomic E-state index is 12.8. The van der Waals surface area contributed by atoms with Crippen LogP contribution in [0.2, 0.25) is 0 Å². The van der Waals surface area contributed by atoms with Crippen molar-refractivity contribution < 1.29 is 14.6 Å². The summed E-state index contributed by atoms with van der Waals surface area (Å²) >= 11 is 0. The van der Waals surface area contributed by atoms with Crippen LogP contribution >= 0.6 is 0 Å². The highest BCUT2D eigenvalue weighted by molar-refractivity contribution is 5.94. The Morgan fingerprint density at radius 3 is 2.50 bits per heavy atom. The van der Waals surface area contributed by atoms with Crippen molar-refractivity contribution in [3.8, 4) is 5.75 Å². The van der Waals surface area contributed by atoms with Gasteiger partial charge in [0.15, 0.2) is 0 Å². The average molecular weight is 358 g/mol. The van der Waals surface area contributed by atoms with Crippen molar-refractivity contribution >= 4 is 5.91 Å². The van der Waals surface area contributed by atoms with Gasteiger partial charge in [0.2, 0.25) is 0 Å². The minimum Gasteiger partial charge on any atom is -0.489 e. The van der Waals surface area contributed by atoms with Crippen LogP contribution in [-0.2, 0) is 0 Å². The maximum Gasteiger partial charge on any atom is 0.251 e. The van der Waals surface area contributed by atoms with Gasteiger partial charge in [-0.15, -0.1) is 0 Å². The summed E-state index contributed by atoms with van der Waals surface area (Å²) in [5.74, 6) is 1.56. The Hall–Kier alpha value is -1.85. The van der Waals surface area contributed by atoms with Crippen molar-refractivity contribution in [3.63, 3.8) is 0 Å². The minimum atomic E-state index is -0.203. The quantitative estimate of drug-likeness (QED) is 0.655. The van der Waals surface area contributed by atoms with Crippen LogP contribution in [0.5, 0.6) is 5.75 Å². The molecule has 0 unspecified atom stereocenters. The number of rotatable bonds is 7. The molecule has 5 heteroatoms. The number of carbonyl (C=O) groups excluding carboxylic acids is 1. The molecule has 1 aromatic rings. The topological polar surface area (TPSA) is 70.6 Å². The van der Waals surface area contributed by atoms with Crippen LogP contribution in [0.3, 0.4) is 0 Å². The Morgan fingerprint density at radius 2 is 1.92 bits per heavy atom. The van der Waals surface area contributed by atoms with Crippen LogP contribution < -0.4 is 15.4 Å². The Balaban J connectivity index is 1.62. The first-order valence-electron chi connectivity index (χ1n) is 9.60. The number of nitrogens with one attached hydrogen (secondary N) is 2. The zero-order valence-corrected chi connectivity index (χ0v) is 15.5. The SMILES string of the molecule is C=C(C)COc1ccc(C(=O)N[C@@H](C2CCNCC2)C2CC(O)C2)cc1. The summed E-state index contributed by atoms with van der Waals surface area (Å²) in [4.78, 5) is 12.8. The Labute approximate surface area is 155 Å². The molecule has 1 atom stereocenters. The van der Waals surface area contributed by atoms with E-state index in [1.165, 1.54) is 0 Å². The van der Waals surface area contributed by atoms with Crippen molar-refractivity contribution in [2.75, 3.05) is 19.7 Å². The molecule has 1 heterocycles. The molecule has 3 N–H and O–H groups in total. The minimum absolute atomic E-state index is 0.0404. The molecule has 142 valence electrons. The molecule has 0 aromatic heterocycles. The third-order valence-electron chi connectivity index (χ3n) is 5.45. The summed E-state index contributed by atoms with van der Waals surface area (Å²) in [5.41, 5.74) is 1.60. The average Bonchev–Trinajstić information content (AvgIpc) is 2.63. The number of ether oxygens (including phenoxy) is 1. The highest BCUT2D eigenvalue weighted by Gasteiger charge is 2.39. The Morgan fingerprint density at radius 1 is 1.27 bits per heavy atom. The van der Waals surface area contributed by atoms with E-state index in [2.05, 4.69) is 17.2 Å². The van der Waals surface area contributed by atoms with Gasteiger partial charge in [-0.05, 0) is 87.4 Å². The number of aliphatic hydroxyl groups is 1. The first-order chi connectivity index (χ1) is 12.5. The molecule has 1 saturated heterocycles. The predicted molar refractivity (Wildman–Crippen MR) is 102 cm³/mol. The van der Waals surface area contributed by atoms with Crippen molar-refractivity contribution in [2.24, 2.45) is 11.8 Å². The van der Waals surface area contributed by atoms with Gasteiger partial charge in [0.05, 0.1) is 6.10 Å². The second-order valence-electron chi connectivity index (χ2n) is 7.74. The number of benzene rings is 1. The normalized spacial score (nSPS) is 24.4. The molecular formula is C21H30N2O3. The lowest BCUT2D eigenvalue weighted by molar-refractivity contribution is 0.00919. The van der Waals surface area contributed by atoms with Crippen molar-refractivity contribution in [1.29, 1.82) is 0 Å². The van der Waals surface area contributed by atoms with E-state index in [1.807, 2.05) is 19.1 Å². The van der Waals surface area contributed by atoms with Crippen LogP contribution in [0.1, 0.15) is 43.0 Å². The predicted octanol–water partition coefficient (Wildman–Crippen LogP) is 2.51. The highest BCUT2D eigenvalue weighted by Crippen LogP contribution is 2.36. The zero-order chi connectivity index (χ0) is 18.5. The molecule has 3 rings (SSSR count). The van der Waals surface area contributed by atoms with Gasteiger partial charge in [0.25, 0.3) is 5.91 Å². The van der Waals surface area contributed by atoms with Gasteiger partial charge in [0.1, 0.15) is 12.4 Å². The summed E-state index contributed by atoms with van der Waals surface area (Å²) < 4.78 is 5.59. The highest BCUT2D eigenvalue weighted by atomic mass is 16.5. The number of hydrogen-bond acceptors (Lipinski definition) is 4. The zero-order valence-electron chi connectivity index (χ0n) is 15.5. The fraction of sp³-hybridized carbons (Fsp3) is 0.571. The number of hydrogen-bond donors (Lipinski definition) is 3. The molecule has 1 aliphatic carbocycles. The van der Waals surface area contributed by atoms with Gasteiger partial charge >= 0.3 is 0 Å². The van der Waals surface area contributed by atoms with E-state index in [9.17, 15) is 9.90 Å². The monoisotopic (exact) mass is 358 g/mol. The standard InChI is InChI=1S/C21H30N2O3/c1-14(2)13-26-19-5-3-16(4-6-19)21(25)23-20(17-11-18(24)12-17)15-7-9-22-10-8-15/h3-6,15,17-18,20,22,24H,1,7-13H2,2H3,(H,23,25)/t17?,18?,20-/m0/s1. The lowest BCUT2D eigenvalue weighted by Gasteiger charge is -2.43. The molecule has 1 amide bonds. The van der Waals surface area contributed by atoms with E-state index in [1.54, 1.807) is 12.1 Å². The molecular weight excluding hydrogens is 328 g/mol. The number of aliphatic hydroxyl groups excluding tert-OH is 1. The summed E-state index contributed by atoms with van der Waals surface area (Å²) in [6.07, 6.45) is 3.53. The van der Waals surface area contributed by atoms with Gasteiger partial charge in [-0.1, -0.05) is 6.58 Å². The second-order valence-corrected chi connectivity index (χ2v) is 7.74. The van der Waals surface area contributed by atoms with E-state index < -0.39 is 0 Å². The van der Waals surface area contributed by atoms with E-state index >= 15 is 0 Å². The molecule has 1 saturated carbocycles. The number of carbonyl (C=O) groups is 1. The van der Waals surface area contributed by atoms with E-state index in [0.717, 1.165) is 50.1 Å². The lowest BCUT2D eigenvalue weighted by atomic mass is 9.71. The van der Waals surface area contributed by atoms with Crippen molar-refractivity contribution in [3.05, 3.63) is 42.0 Å². The fourth-order valence-corrected chi connectivity index (χ4v) is 3.89. The van der Waals surface area contributed by atoms with Crippen LogP contribution in [0.4, 0.5) is 0 Å².